The molecular formula is C26H27N3O4. The lowest BCUT2D eigenvalue weighted by atomic mass is 9.83. The van der Waals surface area contributed by atoms with Gasteiger partial charge >= 0.3 is 0 Å². The normalized spacial score (nSPS) is 20.5. The van der Waals surface area contributed by atoms with Gasteiger partial charge in [-0.1, -0.05) is 6.07 Å². The monoisotopic (exact) mass is 445 g/mol. The second-order valence-electron chi connectivity index (χ2n) is 8.68. The van der Waals surface area contributed by atoms with E-state index in [1.54, 1.807) is 19.4 Å². The molecule has 0 radical (unpaired) electrons. The van der Waals surface area contributed by atoms with Crippen LogP contribution in [-0.4, -0.2) is 52.8 Å². The van der Waals surface area contributed by atoms with Crippen LogP contribution in [0.25, 0.3) is 11.3 Å². The smallest absolute Gasteiger partial charge is 0.289 e. The average Bonchev–Trinajstić information content (AvgIpc) is 3.36. The molecule has 5 rings (SSSR count). The third-order valence-corrected chi connectivity index (χ3v) is 6.70. The van der Waals surface area contributed by atoms with Gasteiger partial charge in [0.2, 0.25) is 5.91 Å². The molecule has 7 nitrogen and oxygen atoms in total. The molecule has 7 heteroatoms. The fourth-order valence-corrected chi connectivity index (χ4v) is 4.95. The largest absolute Gasteiger partial charge is 0.497 e. The molecule has 0 unspecified atom stereocenters. The van der Waals surface area contributed by atoms with Crippen molar-refractivity contribution < 1.29 is 18.7 Å². The summed E-state index contributed by atoms with van der Waals surface area (Å²) >= 11 is 0. The Labute approximate surface area is 193 Å². The molecule has 0 N–H and O–H groups in total. The van der Waals surface area contributed by atoms with Gasteiger partial charge in [-0.2, -0.15) is 0 Å². The molecule has 2 aliphatic rings. The average molecular weight is 446 g/mol. The van der Waals surface area contributed by atoms with Gasteiger partial charge in [0.05, 0.1) is 7.11 Å². The van der Waals surface area contributed by atoms with Crippen molar-refractivity contribution in [1.29, 1.82) is 0 Å². The standard InChI is InChI=1S/C26H27N3O4/c1-32-21-7-4-19(5-8-21)23-9-10-24(33-23)26(31)28-14-12-22-20(17-28)6-11-25(30)29(22)16-18-3-2-13-27-15-18/h2-5,7-10,13,15,20,22H,6,11-12,14,16-17H2,1H3/t20-,22+/m1/s1. The Kier molecular flexibility index (Phi) is 5.86. The molecule has 2 aromatic heterocycles. The van der Waals surface area contributed by atoms with Crippen molar-refractivity contribution in [2.45, 2.75) is 31.8 Å². The molecule has 33 heavy (non-hydrogen) atoms. The SMILES string of the molecule is COc1ccc(-c2ccc(C(=O)N3CC[C@H]4[C@H](CCC(=O)N4Cc4cccnc4)C3)o2)cc1. The molecular weight excluding hydrogens is 418 g/mol. The van der Waals surface area contributed by atoms with Gasteiger partial charge in [0.1, 0.15) is 11.5 Å². The van der Waals surface area contributed by atoms with Crippen molar-refractivity contribution in [2.24, 2.45) is 5.92 Å². The van der Waals surface area contributed by atoms with Crippen LogP contribution in [0.15, 0.2) is 65.3 Å². The first kappa shape index (κ1) is 21.2. The summed E-state index contributed by atoms with van der Waals surface area (Å²) in [6.45, 7) is 1.82. The highest BCUT2D eigenvalue weighted by Crippen LogP contribution is 2.33. The summed E-state index contributed by atoms with van der Waals surface area (Å²) in [6.07, 6.45) is 5.66. The van der Waals surface area contributed by atoms with Gasteiger partial charge in [-0.25, -0.2) is 0 Å². The lowest BCUT2D eigenvalue weighted by Crippen LogP contribution is -2.56. The van der Waals surface area contributed by atoms with E-state index in [4.69, 9.17) is 9.15 Å². The molecule has 2 atom stereocenters. The van der Waals surface area contributed by atoms with E-state index >= 15 is 0 Å². The second-order valence-corrected chi connectivity index (χ2v) is 8.68. The highest BCUT2D eigenvalue weighted by molar-refractivity contribution is 5.92. The number of likely N-dealkylation sites (tertiary alicyclic amines) is 2. The van der Waals surface area contributed by atoms with Crippen LogP contribution in [0.1, 0.15) is 35.4 Å². The minimum absolute atomic E-state index is 0.0936. The molecule has 3 aromatic rings. The number of amides is 2. The molecule has 2 fully saturated rings. The van der Waals surface area contributed by atoms with E-state index in [9.17, 15) is 9.59 Å². The number of nitrogens with zero attached hydrogens (tertiary/aromatic N) is 3. The van der Waals surface area contributed by atoms with Crippen LogP contribution in [0, 0.1) is 5.92 Å². The van der Waals surface area contributed by atoms with Gasteiger partial charge in [-0.15, -0.1) is 0 Å². The van der Waals surface area contributed by atoms with Crippen LogP contribution in [0.5, 0.6) is 5.75 Å². The Morgan fingerprint density at radius 2 is 2.00 bits per heavy atom. The Morgan fingerprint density at radius 3 is 2.76 bits per heavy atom. The fraction of sp³-hybridized carbons (Fsp3) is 0.346. The third kappa shape index (κ3) is 4.35. The van der Waals surface area contributed by atoms with Crippen molar-refractivity contribution in [2.75, 3.05) is 20.2 Å². The summed E-state index contributed by atoms with van der Waals surface area (Å²) in [4.78, 5) is 33.9. The van der Waals surface area contributed by atoms with Crippen LogP contribution >= 0.6 is 0 Å². The van der Waals surface area contributed by atoms with E-state index < -0.39 is 0 Å². The van der Waals surface area contributed by atoms with Gasteiger partial charge in [0.25, 0.3) is 5.91 Å². The number of methoxy groups -OCH3 is 1. The van der Waals surface area contributed by atoms with E-state index in [-0.39, 0.29) is 23.8 Å². The Balaban J connectivity index is 1.26. The Morgan fingerprint density at radius 1 is 1.15 bits per heavy atom. The molecule has 2 aliphatic heterocycles. The van der Waals surface area contributed by atoms with Gasteiger partial charge in [0, 0.05) is 50.1 Å². The minimum Gasteiger partial charge on any atom is -0.497 e. The predicted molar refractivity (Wildman–Crippen MR) is 123 cm³/mol. The number of piperidine rings is 2. The number of ether oxygens (including phenoxy) is 1. The fourth-order valence-electron chi connectivity index (χ4n) is 4.95. The zero-order valence-corrected chi connectivity index (χ0v) is 18.6. The van der Waals surface area contributed by atoms with Crippen LogP contribution < -0.4 is 4.74 Å². The highest BCUT2D eigenvalue weighted by atomic mass is 16.5. The number of rotatable bonds is 5. The van der Waals surface area contributed by atoms with Crippen LogP contribution in [0.4, 0.5) is 0 Å². The highest BCUT2D eigenvalue weighted by Gasteiger charge is 2.40. The van der Waals surface area contributed by atoms with Crippen LogP contribution in [0.2, 0.25) is 0 Å². The number of carbonyl (C=O) groups excluding carboxylic acids is 2. The van der Waals surface area contributed by atoms with Gasteiger partial charge in [0.15, 0.2) is 5.76 Å². The molecule has 1 aromatic carbocycles. The van der Waals surface area contributed by atoms with E-state index in [1.165, 1.54) is 0 Å². The molecule has 0 bridgehead atoms. The van der Waals surface area contributed by atoms with Gasteiger partial charge < -0.3 is 19.0 Å². The maximum absolute atomic E-state index is 13.2. The molecule has 0 spiro atoms. The van der Waals surface area contributed by atoms with Crippen LogP contribution in [-0.2, 0) is 11.3 Å². The van der Waals surface area contributed by atoms with Crippen molar-refractivity contribution in [3.8, 4) is 17.1 Å². The summed E-state index contributed by atoms with van der Waals surface area (Å²) in [5, 5.41) is 0. The number of furan rings is 1. The van der Waals surface area contributed by atoms with E-state index in [1.807, 2.05) is 58.5 Å². The second kappa shape index (κ2) is 9.10. The third-order valence-electron chi connectivity index (χ3n) is 6.70. The van der Waals surface area contributed by atoms with E-state index in [2.05, 4.69) is 4.98 Å². The number of aromatic nitrogens is 1. The topological polar surface area (TPSA) is 75.9 Å². The molecule has 2 amide bonds. The van der Waals surface area contributed by atoms with Crippen LogP contribution in [0.3, 0.4) is 0 Å². The van der Waals surface area contributed by atoms with E-state index in [0.717, 1.165) is 29.7 Å². The first-order valence-corrected chi connectivity index (χ1v) is 11.3. The summed E-state index contributed by atoms with van der Waals surface area (Å²) in [7, 11) is 1.63. The van der Waals surface area contributed by atoms with E-state index in [0.29, 0.717) is 37.6 Å². The molecule has 0 aliphatic carbocycles. The number of hydrogen-bond donors (Lipinski definition) is 0. The molecule has 170 valence electrons. The van der Waals surface area contributed by atoms with Crippen molar-refractivity contribution in [1.82, 2.24) is 14.8 Å². The number of hydrogen-bond acceptors (Lipinski definition) is 5. The summed E-state index contributed by atoms with van der Waals surface area (Å²) in [5.41, 5.74) is 1.93. The zero-order chi connectivity index (χ0) is 22.8. The number of carbonyl (C=O) groups is 2. The lowest BCUT2D eigenvalue weighted by molar-refractivity contribution is -0.141. The predicted octanol–water partition coefficient (Wildman–Crippen LogP) is 4.00. The quantitative estimate of drug-likeness (QED) is 0.593. The van der Waals surface area contributed by atoms with Crippen molar-refractivity contribution in [3.05, 3.63) is 72.2 Å². The van der Waals surface area contributed by atoms with Crippen molar-refractivity contribution >= 4 is 11.8 Å². The molecule has 0 saturated carbocycles. The first-order chi connectivity index (χ1) is 16.1. The maximum atomic E-state index is 13.2. The maximum Gasteiger partial charge on any atom is 0.289 e. The van der Waals surface area contributed by atoms with Crippen molar-refractivity contribution in [3.63, 3.8) is 0 Å². The molecule has 4 heterocycles. The minimum atomic E-state index is -0.0936. The first-order valence-electron chi connectivity index (χ1n) is 11.3. The zero-order valence-electron chi connectivity index (χ0n) is 18.6. The Hall–Kier alpha value is -3.61. The summed E-state index contributed by atoms with van der Waals surface area (Å²) in [6, 6.07) is 15.2. The summed E-state index contributed by atoms with van der Waals surface area (Å²) in [5.74, 6) is 2.14. The summed E-state index contributed by atoms with van der Waals surface area (Å²) < 4.78 is 11.1. The van der Waals surface area contributed by atoms with Gasteiger partial charge in [-0.05, 0) is 66.8 Å². The molecule has 2 saturated heterocycles. The van der Waals surface area contributed by atoms with Gasteiger partial charge in [-0.3, -0.25) is 14.6 Å². The Bertz CT molecular complexity index is 1130. The number of pyridine rings is 1. The number of fused-ring (bicyclic) bond motifs is 1. The lowest BCUT2D eigenvalue weighted by Gasteiger charge is -2.47. The number of benzene rings is 1.